The van der Waals surface area contributed by atoms with Crippen molar-refractivity contribution in [1.29, 1.82) is 5.41 Å². The third-order valence-corrected chi connectivity index (χ3v) is 2.08. The summed E-state index contributed by atoms with van der Waals surface area (Å²) in [5, 5.41) is 13.0. The third-order valence-electron chi connectivity index (χ3n) is 2.08. The highest BCUT2D eigenvalue weighted by molar-refractivity contribution is 4.74. The average Bonchev–Trinajstić information content (AvgIpc) is 2.54. The maximum atomic E-state index is 7.16. The van der Waals surface area contributed by atoms with Gasteiger partial charge in [-0.15, -0.1) is 0 Å². The fraction of sp³-hybridized carbons (Fsp3) is 0.714. The van der Waals surface area contributed by atoms with E-state index < -0.39 is 0 Å². The number of nitrogens with zero attached hydrogens (tertiary/aromatic N) is 3. The van der Waals surface area contributed by atoms with Crippen LogP contribution in [-0.2, 0) is 0 Å². The highest BCUT2D eigenvalue weighted by atomic mass is 16.5. The lowest BCUT2D eigenvalue weighted by molar-refractivity contribution is -0.764. The minimum absolute atomic E-state index is 0.112. The second kappa shape index (κ2) is 3.00. The quantitative estimate of drug-likeness (QED) is 0.554. The Morgan fingerprint density at radius 3 is 2.75 bits per heavy atom. The van der Waals surface area contributed by atoms with Gasteiger partial charge < -0.3 is 4.52 Å². The summed E-state index contributed by atoms with van der Waals surface area (Å²) < 4.78 is 4.66. The van der Waals surface area contributed by atoms with E-state index in [0.29, 0.717) is 0 Å². The van der Waals surface area contributed by atoms with Crippen molar-refractivity contribution in [2.45, 2.75) is 19.3 Å². The van der Waals surface area contributed by atoms with E-state index in [-0.39, 0.29) is 5.55 Å². The van der Waals surface area contributed by atoms with Crippen LogP contribution in [0.15, 0.2) is 10.7 Å². The predicted molar refractivity (Wildman–Crippen MR) is 39.9 cm³/mol. The summed E-state index contributed by atoms with van der Waals surface area (Å²) in [6.45, 7) is 2.02. The molecule has 0 aliphatic carbocycles. The van der Waals surface area contributed by atoms with Crippen LogP contribution in [-0.4, -0.2) is 13.1 Å². The molecule has 0 radical (unpaired) electrons. The fourth-order valence-corrected chi connectivity index (χ4v) is 1.45. The van der Waals surface area contributed by atoms with Crippen LogP contribution in [0.5, 0.6) is 0 Å². The Bertz CT molecular complexity index is 296. The van der Waals surface area contributed by atoms with Crippen molar-refractivity contribution in [2.75, 3.05) is 18.1 Å². The molecule has 1 N–H and O–H groups in total. The molecule has 1 aromatic rings. The Hall–Kier alpha value is -1.26. The summed E-state index contributed by atoms with van der Waals surface area (Å²) >= 11 is 0. The molecule has 12 heavy (non-hydrogen) atoms. The van der Waals surface area contributed by atoms with Gasteiger partial charge in [0.05, 0.1) is 0 Å². The van der Waals surface area contributed by atoms with Crippen LogP contribution in [0.25, 0.3) is 0 Å². The van der Waals surface area contributed by atoms with E-state index in [1.165, 1.54) is 19.3 Å². The molecule has 0 aromatic carbocycles. The van der Waals surface area contributed by atoms with Gasteiger partial charge in [0.25, 0.3) is 11.8 Å². The van der Waals surface area contributed by atoms with Crippen molar-refractivity contribution in [3.05, 3.63) is 11.8 Å². The maximum absolute atomic E-state index is 7.16. The first-order valence-corrected chi connectivity index (χ1v) is 4.22. The predicted octanol–water partition coefficient (Wildman–Crippen LogP) is -0.874. The van der Waals surface area contributed by atoms with Gasteiger partial charge in [-0.2, -0.15) is 0 Å². The number of hydrogen-bond acceptors (Lipinski definition) is 3. The number of rotatable bonds is 1. The Morgan fingerprint density at radius 1 is 1.42 bits per heavy atom. The molecule has 1 aliphatic rings. The number of nitrogens with one attached hydrogen (secondary N) is 1. The minimum Gasteiger partial charge on any atom is -0.380 e. The summed E-state index contributed by atoms with van der Waals surface area (Å²) in [7, 11) is 0. The summed E-state index contributed by atoms with van der Waals surface area (Å²) in [6.07, 6.45) is 5.29. The molecule has 1 aliphatic heterocycles. The molecule has 5 heteroatoms. The van der Waals surface area contributed by atoms with E-state index >= 15 is 0 Å². The lowest BCUT2D eigenvalue weighted by Gasteiger charge is -2.26. The zero-order chi connectivity index (χ0) is 8.39. The first kappa shape index (κ1) is 7.39. The molecule has 5 nitrogen and oxygen atoms in total. The van der Waals surface area contributed by atoms with E-state index in [0.717, 1.165) is 13.1 Å². The van der Waals surface area contributed by atoms with Gasteiger partial charge in [0.2, 0.25) is 0 Å². The Labute approximate surface area is 70.0 Å². The molecule has 0 unspecified atom stereocenters. The molecule has 2 rings (SSSR count). The largest absolute Gasteiger partial charge is 0.380 e. The van der Waals surface area contributed by atoms with Crippen molar-refractivity contribution >= 4 is 0 Å². The molecule has 1 fully saturated rings. The number of hydrogen-bond donors (Lipinski definition) is 1. The fourth-order valence-electron chi connectivity index (χ4n) is 1.45. The van der Waals surface area contributed by atoms with E-state index in [1.807, 2.05) is 0 Å². The number of aromatic nitrogens is 2. The van der Waals surface area contributed by atoms with Gasteiger partial charge in [-0.3, -0.25) is 10.4 Å². The van der Waals surface area contributed by atoms with E-state index in [2.05, 4.69) is 14.8 Å². The summed E-state index contributed by atoms with van der Waals surface area (Å²) in [6, 6.07) is 0. The first-order chi connectivity index (χ1) is 5.86. The third kappa shape index (κ3) is 1.34. The Balaban J connectivity index is 2.13. The molecule has 1 saturated heterocycles. The minimum atomic E-state index is 0.112. The van der Waals surface area contributed by atoms with Gasteiger partial charge in [0.1, 0.15) is 0 Å². The summed E-state index contributed by atoms with van der Waals surface area (Å²) in [4.78, 5) is 1.63. The van der Waals surface area contributed by atoms with Crippen LogP contribution in [0, 0.1) is 5.41 Å². The van der Waals surface area contributed by atoms with E-state index in [4.69, 9.17) is 5.41 Å². The Morgan fingerprint density at radius 2 is 2.17 bits per heavy atom. The lowest BCUT2D eigenvalue weighted by atomic mass is 10.2. The van der Waals surface area contributed by atoms with Crippen molar-refractivity contribution in [3.63, 3.8) is 0 Å². The molecule has 2 heterocycles. The van der Waals surface area contributed by atoms with Crippen LogP contribution in [0.1, 0.15) is 19.3 Å². The monoisotopic (exact) mass is 168 g/mol. The summed E-state index contributed by atoms with van der Waals surface area (Å²) in [5.41, 5.74) is 0.112. The van der Waals surface area contributed by atoms with Crippen LogP contribution in [0.2, 0.25) is 0 Å². The van der Waals surface area contributed by atoms with Crippen LogP contribution >= 0.6 is 0 Å². The van der Waals surface area contributed by atoms with Crippen molar-refractivity contribution < 1.29 is 9.31 Å². The molecule has 0 saturated carbocycles. The first-order valence-electron chi connectivity index (χ1n) is 4.22. The highest BCUT2D eigenvalue weighted by Crippen LogP contribution is 2.02. The second-order valence-electron chi connectivity index (χ2n) is 3.00. The maximum Gasteiger partial charge on any atom is 0.286 e. The zero-order valence-corrected chi connectivity index (χ0v) is 6.86. The molecule has 0 spiro atoms. The van der Waals surface area contributed by atoms with E-state index in [9.17, 15) is 0 Å². The van der Waals surface area contributed by atoms with Crippen molar-refractivity contribution in [3.8, 4) is 0 Å². The normalized spacial score (nSPS) is 18.2. The van der Waals surface area contributed by atoms with Gasteiger partial charge in [-0.05, 0) is 18.1 Å². The van der Waals surface area contributed by atoms with Gasteiger partial charge >= 0.3 is 0 Å². The summed E-state index contributed by atoms with van der Waals surface area (Å²) in [5.74, 6) is 0. The van der Waals surface area contributed by atoms with E-state index in [1.54, 1.807) is 11.0 Å². The van der Waals surface area contributed by atoms with Crippen molar-refractivity contribution in [1.82, 2.24) is 5.27 Å². The molecule has 66 valence electrons. The molecular formula is C7H12N4O. The van der Waals surface area contributed by atoms with Gasteiger partial charge in [-0.25, -0.2) is 0 Å². The lowest BCUT2D eigenvalue weighted by Crippen LogP contribution is -2.61. The standard InChI is InChI=1S/C7H12N4O/c8-7-6-11(9-12-7)10-4-2-1-3-5-10/h6,8H,1-5H2. The van der Waals surface area contributed by atoms with Crippen LogP contribution in [0.3, 0.4) is 0 Å². The molecule has 0 bridgehead atoms. The SMILES string of the molecule is N=c1c[n+](N2CCCCC2)[n-]o1. The Kier molecular flexibility index (Phi) is 1.85. The van der Waals surface area contributed by atoms with Crippen LogP contribution < -0.4 is 20.6 Å². The average molecular weight is 168 g/mol. The molecular weight excluding hydrogens is 156 g/mol. The van der Waals surface area contributed by atoms with Gasteiger partial charge in [0.15, 0.2) is 0 Å². The highest BCUT2D eigenvalue weighted by Gasteiger charge is 2.11. The van der Waals surface area contributed by atoms with Crippen molar-refractivity contribution in [2.24, 2.45) is 0 Å². The zero-order valence-electron chi connectivity index (χ0n) is 6.86. The topological polar surface area (TPSA) is 58.2 Å². The number of piperidine rings is 1. The second-order valence-corrected chi connectivity index (χ2v) is 3.00. The van der Waals surface area contributed by atoms with Crippen LogP contribution in [0.4, 0.5) is 0 Å². The molecule has 0 atom stereocenters. The van der Waals surface area contributed by atoms with Gasteiger partial charge in [-0.1, -0.05) is 11.2 Å². The van der Waals surface area contributed by atoms with Gasteiger partial charge in [0, 0.05) is 13.1 Å². The smallest absolute Gasteiger partial charge is 0.286 e. The molecule has 0 amide bonds. The molecule has 1 aromatic heterocycles.